The Kier molecular flexibility index (Phi) is 5.94. The van der Waals surface area contributed by atoms with Gasteiger partial charge in [0.15, 0.2) is 0 Å². The molecule has 3 N–H and O–H groups in total. The van der Waals surface area contributed by atoms with E-state index in [1.807, 2.05) is 11.0 Å². The average molecular weight is 413 g/mol. The normalized spacial score (nSPS) is 18.8. The third kappa shape index (κ3) is 4.14. The van der Waals surface area contributed by atoms with Crippen LogP contribution in [0.25, 0.3) is 11.0 Å². The second kappa shape index (κ2) is 8.63. The van der Waals surface area contributed by atoms with E-state index in [-0.39, 0.29) is 17.2 Å². The molecule has 0 unspecified atom stereocenters. The van der Waals surface area contributed by atoms with Gasteiger partial charge in [0.1, 0.15) is 0 Å². The SMILES string of the molecule is Cn1c(=O)[nH]c2c(C(N)=O)cc(C[CH]C(=O)N3CCC(N4CCCCC4)CC3)cc21. The van der Waals surface area contributed by atoms with Crippen LogP contribution in [-0.4, -0.2) is 63.4 Å². The zero-order valence-corrected chi connectivity index (χ0v) is 17.5. The third-order valence-electron chi connectivity index (χ3n) is 6.54. The number of aryl methyl sites for hydroxylation is 1. The molecule has 0 spiro atoms. The van der Waals surface area contributed by atoms with E-state index in [1.54, 1.807) is 19.5 Å². The van der Waals surface area contributed by atoms with Crippen LogP contribution < -0.4 is 11.4 Å². The Morgan fingerprint density at radius 2 is 1.83 bits per heavy atom. The number of aromatic amines is 1. The lowest BCUT2D eigenvalue weighted by molar-refractivity contribution is -0.129. The summed E-state index contributed by atoms with van der Waals surface area (Å²) in [6, 6.07) is 4.09. The number of aromatic nitrogens is 2. The number of nitrogens with two attached hydrogens (primary N) is 1. The van der Waals surface area contributed by atoms with Crippen molar-refractivity contribution in [2.45, 2.75) is 44.6 Å². The molecule has 1 radical (unpaired) electrons. The molecule has 2 saturated heterocycles. The summed E-state index contributed by atoms with van der Waals surface area (Å²) in [5.41, 5.74) is 7.28. The molecule has 2 aliphatic rings. The maximum absolute atomic E-state index is 12.7. The van der Waals surface area contributed by atoms with Crippen LogP contribution in [0.5, 0.6) is 0 Å². The van der Waals surface area contributed by atoms with Crippen molar-refractivity contribution in [3.63, 3.8) is 0 Å². The molecular formula is C22H30N5O3. The molecular weight excluding hydrogens is 382 g/mol. The number of nitrogens with zero attached hydrogens (tertiary/aromatic N) is 3. The fraction of sp³-hybridized carbons (Fsp3) is 0.545. The van der Waals surface area contributed by atoms with Crippen molar-refractivity contribution in [1.82, 2.24) is 19.4 Å². The first-order chi connectivity index (χ1) is 14.4. The number of amides is 2. The Balaban J connectivity index is 1.38. The highest BCUT2D eigenvalue weighted by molar-refractivity contribution is 6.04. The van der Waals surface area contributed by atoms with E-state index in [2.05, 4.69) is 9.88 Å². The maximum atomic E-state index is 12.7. The highest BCUT2D eigenvalue weighted by Gasteiger charge is 2.27. The van der Waals surface area contributed by atoms with Gasteiger partial charge in [-0.1, -0.05) is 6.42 Å². The first kappa shape index (κ1) is 20.7. The van der Waals surface area contributed by atoms with Gasteiger partial charge in [-0.3, -0.25) is 14.2 Å². The summed E-state index contributed by atoms with van der Waals surface area (Å²) in [6.45, 7) is 3.96. The zero-order chi connectivity index (χ0) is 21.3. The fourth-order valence-corrected chi connectivity index (χ4v) is 4.76. The van der Waals surface area contributed by atoms with Crippen LogP contribution in [0.1, 0.15) is 48.0 Å². The number of carbonyl (C=O) groups excluding carboxylic acids is 2. The molecule has 161 valence electrons. The van der Waals surface area contributed by atoms with Gasteiger partial charge < -0.3 is 20.5 Å². The minimum Gasteiger partial charge on any atom is -0.366 e. The summed E-state index contributed by atoms with van der Waals surface area (Å²) in [5, 5.41) is 0. The van der Waals surface area contributed by atoms with E-state index in [0.717, 1.165) is 31.5 Å². The van der Waals surface area contributed by atoms with Gasteiger partial charge >= 0.3 is 5.69 Å². The smallest absolute Gasteiger partial charge is 0.326 e. The lowest BCUT2D eigenvalue weighted by Crippen LogP contribution is -2.48. The topological polar surface area (TPSA) is 104 Å². The Morgan fingerprint density at radius 1 is 1.13 bits per heavy atom. The molecule has 4 rings (SSSR count). The molecule has 2 aliphatic heterocycles. The minimum absolute atomic E-state index is 0.0239. The van der Waals surface area contributed by atoms with E-state index in [4.69, 9.17) is 5.73 Å². The van der Waals surface area contributed by atoms with Crippen LogP contribution in [0.2, 0.25) is 0 Å². The number of nitrogens with one attached hydrogen (secondary N) is 1. The van der Waals surface area contributed by atoms with Crippen LogP contribution in [0.4, 0.5) is 0 Å². The summed E-state index contributed by atoms with van der Waals surface area (Å²) < 4.78 is 1.44. The monoisotopic (exact) mass is 412 g/mol. The molecule has 0 bridgehead atoms. The molecule has 0 atom stereocenters. The molecule has 0 saturated carbocycles. The van der Waals surface area contributed by atoms with E-state index >= 15 is 0 Å². The number of fused-ring (bicyclic) bond motifs is 1. The van der Waals surface area contributed by atoms with E-state index in [0.29, 0.717) is 23.5 Å². The number of rotatable bonds is 5. The van der Waals surface area contributed by atoms with Gasteiger partial charge in [-0.2, -0.15) is 0 Å². The predicted octanol–water partition coefficient (Wildman–Crippen LogP) is 1.19. The molecule has 2 fully saturated rings. The van der Waals surface area contributed by atoms with E-state index in [1.165, 1.54) is 36.9 Å². The minimum atomic E-state index is -0.602. The van der Waals surface area contributed by atoms with Gasteiger partial charge in [0.2, 0.25) is 5.91 Å². The molecule has 3 heterocycles. The molecule has 2 amide bonds. The number of hydrogen-bond acceptors (Lipinski definition) is 4. The fourth-order valence-electron chi connectivity index (χ4n) is 4.76. The van der Waals surface area contributed by atoms with Crippen LogP contribution >= 0.6 is 0 Å². The first-order valence-electron chi connectivity index (χ1n) is 10.8. The molecule has 8 heteroatoms. The molecule has 1 aromatic heterocycles. The van der Waals surface area contributed by atoms with Gasteiger partial charge in [-0.15, -0.1) is 0 Å². The van der Waals surface area contributed by atoms with Crippen molar-refractivity contribution in [1.29, 1.82) is 0 Å². The van der Waals surface area contributed by atoms with Gasteiger partial charge in [-0.05, 0) is 62.9 Å². The van der Waals surface area contributed by atoms with Crippen molar-refractivity contribution in [3.8, 4) is 0 Å². The van der Waals surface area contributed by atoms with Crippen LogP contribution in [0.15, 0.2) is 16.9 Å². The van der Waals surface area contributed by atoms with E-state index in [9.17, 15) is 14.4 Å². The van der Waals surface area contributed by atoms with Crippen LogP contribution in [0, 0.1) is 6.42 Å². The second-order valence-electron chi connectivity index (χ2n) is 8.45. The number of H-pyrrole nitrogens is 1. The number of hydrogen-bond donors (Lipinski definition) is 2. The number of imidazole rings is 1. The summed E-state index contributed by atoms with van der Waals surface area (Å²) in [5.74, 6) is -0.578. The van der Waals surface area contributed by atoms with Gasteiger partial charge in [-0.25, -0.2) is 4.79 Å². The number of benzene rings is 1. The number of likely N-dealkylation sites (tertiary alicyclic amines) is 2. The molecule has 1 aromatic carbocycles. The largest absolute Gasteiger partial charge is 0.366 e. The summed E-state index contributed by atoms with van der Waals surface area (Å²) in [7, 11) is 1.64. The Hall–Kier alpha value is -2.61. The van der Waals surface area contributed by atoms with Crippen molar-refractivity contribution < 1.29 is 9.59 Å². The maximum Gasteiger partial charge on any atom is 0.326 e. The summed E-state index contributed by atoms with van der Waals surface area (Å²) >= 11 is 0. The Bertz CT molecular complexity index is 994. The predicted molar refractivity (Wildman–Crippen MR) is 115 cm³/mol. The van der Waals surface area contributed by atoms with Gasteiger partial charge in [0.05, 0.1) is 23.0 Å². The standard InChI is InChI=1S/C22H30N5O3/c1-25-18-14-15(13-17(21(23)29)20(18)24-22(25)30)5-6-19(28)27-11-7-16(8-12-27)26-9-3-2-4-10-26/h6,13-14,16H,2-5,7-12H2,1H3,(H2,23,29)(H,24,30). The molecule has 30 heavy (non-hydrogen) atoms. The number of piperidine rings is 2. The van der Waals surface area contributed by atoms with Crippen molar-refractivity contribution in [3.05, 3.63) is 40.2 Å². The lowest BCUT2D eigenvalue weighted by atomic mass is 9.99. The zero-order valence-electron chi connectivity index (χ0n) is 17.5. The van der Waals surface area contributed by atoms with E-state index < -0.39 is 5.91 Å². The Labute approximate surface area is 176 Å². The van der Waals surface area contributed by atoms with Crippen molar-refractivity contribution in [2.75, 3.05) is 26.2 Å². The Morgan fingerprint density at radius 3 is 2.50 bits per heavy atom. The summed E-state index contributed by atoms with van der Waals surface area (Å²) in [4.78, 5) is 43.6. The number of primary amides is 1. The highest BCUT2D eigenvalue weighted by atomic mass is 16.2. The summed E-state index contributed by atoms with van der Waals surface area (Å²) in [6.07, 6.45) is 8.03. The van der Waals surface area contributed by atoms with Crippen LogP contribution in [-0.2, 0) is 18.3 Å². The first-order valence-corrected chi connectivity index (χ1v) is 10.8. The molecule has 2 aromatic rings. The van der Waals surface area contributed by atoms with Gasteiger partial charge in [0, 0.05) is 26.2 Å². The molecule has 8 nitrogen and oxygen atoms in total. The van der Waals surface area contributed by atoms with Crippen LogP contribution in [0.3, 0.4) is 0 Å². The molecule has 0 aliphatic carbocycles. The average Bonchev–Trinajstić information content (AvgIpc) is 3.06. The highest BCUT2D eigenvalue weighted by Crippen LogP contribution is 2.22. The quantitative estimate of drug-likeness (QED) is 0.770. The lowest BCUT2D eigenvalue weighted by Gasteiger charge is -2.40. The van der Waals surface area contributed by atoms with Crippen molar-refractivity contribution >= 4 is 22.8 Å². The van der Waals surface area contributed by atoms with Gasteiger partial charge in [0.25, 0.3) is 5.91 Å². The second-order valence-corrected chi connectivity index (χ2v) is 8.45. The third-order valence-corrected chi connectivity index (χ3v) is 6.54. The van der Waals surface area contributed by atoms with Crippen molar-refractivity contribution in [2.24, 2.45) is 12.8 Å². The number of carbonyl (C=O) groups is 2.